The molecule has 5 unspecified atom stereocenters. The monoisotopic (exact) mass is 462 g/mol. The Hall–Kier alpha value is 0.690. The van der Waals surface area contributed by atoms with Crippen LogP contribution < -0.4 is 0 Å². The van der Waals surface area contributed by atoms with Crippen LogP contribution >= 0.6 is 38.5 Å². The van der Waals surface area contributed by atoms with E-state index in [1.807, 2.05) is 0 Å². The maximum absolute atomic E-state index is 3.77. The Morgan fingerprint density at radius 3 is 2.76 bits per heavy atom. The first-order chi connectivity index (χ1) is 10.0. The lowest BCUT2D eigenvalue weighted by Gasteiger charge is -2.40. The molecule has 2 heteroatoms. The molecule has 3 aliphatic carbocycles. The van der Waals surface area contributed by atoms with E-state index < -0.39 is 0 Å². The lowest BCUT2D eigenvalue weighted by molar-refractivity contribution is 0.262. The summed E-state index contributed by atoms with van der Waals surface area (Å²) in [6.45, 7) is 4.70. The molecule has 3 rings (SSSR count). The highest BCUT2D eigenvalue weighted by Gasteiger charge is 2.57. The highest BCUT2D eigenvalue weighted by molar-refractivity contribution is 14.1. The molecule has 3 aliphatic rings. The van der Waals surface area contributed by atoms with Crippen molar-refractivity contribution < 1.29 is 0 Å². The summed E-state index contributed by atoms with van der Waals surface area (Å²) in [6, 6.07) is 0. The lowest BCUT2D eigenvalue weighted by Crippen LogP contribution is -2.36. The second-order valence-electron chi connectivity index (χ2n) is 7.52. The molecule has 0 bridgehead atoms. The summed E-state index contributed by atoms with van der Waals surface area (Å²) >= 11 is 6.64. The molecule has 7 atom stereocenters. The quantitative estimate of drug-likeness (QED) is 0.328. The molecule has 0 spiro atoms. The van der Waals surface area contributed by atoms with Gasteiger partial charge in [-0.3, -0.25) is 0 Å². The molecule has 2 fully saturated rings. The van der Waals surface area contributed by atoms with E-state index in [1.165, 1.54) is 38.5 Å². The van der Waals surface area contributed by atoms with Gasteiger partial charge in [0, 0.05) is 8.25 Å². The molecule has 0 heterocycles. The van der Waals surface area contributed by atoms with Crippen LogP contribution in [-0.4, -0.2) is 8.25 Å². The highest BCUT2D eigenvalue weighted by Crippen LogP contribution is 2.63. The van der Waals surface area contributed by atoms with Gasteiger partial charge in [0.25, 0.3) is 0 Å². The minimum atomic E-state index is 0.473. The summed E-state index contributed by atoms with van der Waals surface area (Å²) in [5, 5.41) is 0. The van der Waals surface area contributed by atoms with Crippen LogP contribution in [0.1, 0.15) is 52.4 Å². The van der Waals surface area contributed by atoms with E-state index in [9.17, 15) is 0 Å². The predicted octanol–water partition coefficient (Wildman–Crippen LogP) is 6.54. The predicted molar refractivity (Wildman–Crippen MR) is 104 cm³/mol. The van der Waals surface area contributed by atoms with Gasteiger partial charge < -0.3 is 0 Å². The molecule has 118 valence electrons. The van der Waals surface area contributed by atoms with Gasteiger partial charge in [0.2, 0.25) is 0 Å². The Bertz CT molecular complexity index is 427. The maximum Gasteiger partial charge on any atom is 0.0291 e. The summed E-state index contributed by atoms with van der Waals surface area (Å²) in [6.07, 6.45) is 18.1. The van der Waals surface area contributed by atoms with Crippen molar-refractivity contribution in [2.24, 2.45) is 29.6 Å². The number of alkyl halides is 2. The van der Waals surface area contributed by atoms with Gasteiger partial charge in [0.1, 0.15) is 0 Å². The lowest BCUT2D eigenvalue weighted by atomic mass is 9.74. The number of hydrogen-bond acceptors (Lipinski definition) is 0. The second kappa shape index (κ2) is 6.67. The van der Waals surface area contributed by atoms with Crippen LogP contribution in [0.4, 0.5) is 0 Å². The van der Waals surface area contributed by atoms with Crippen LogP contribution in [0.2, 0.25) is 0 Å². The standard InChI is InChI=1S/C19H28BrI/c1-3-14-8-9-16-15-6-4-5-7-17(18(15)16)19(21,12-14)11-10-13(2)20/h4-7,13-18H,3,8-12H2,1-2H3/t13?,14-,15?,16?,17?,18?,19+/m0/s1. The van der Waals surface area contributed by atoms with Crippen molar-refractivity contribution in [2.45, 2.75) is 60.6 Å². The van der Waals surface area contributed by atoms with E-state index in [0.29, 0.717) is 8.25 Å². The van der Waals surface area contributed by atoms with Crippen molar-refractivity contribution in [3.05, 3.63) is 24.3 Å². The fraction of sp³-hybridized carbons (Fsp3) is 0.789. The van der Waals surface area contributed by atoms with Crippen molar-refractivity contribution in [3.8, 4) is 0 Å². The van der Waals surface area contributed by atoms with Crippen LogP contribution in [0.25, 0.3) is 0 Å². The normalized spacial score (nSPS) is 46.2. The van der Waals surface area contributed by atoms with E-state index in [4.69, 9.17) is 0 Å². The van der Waals surface area contributed by atoms with Crippen molar-refractivity contribution in [1.29, 1.82) is 0 Å². The van der Waals surface area contributed by atoms with Crippen LogP contribution in [0.15, 0.2) is 24.3 Å². The van der Waals surface area contributed by atoms with Crippen LogP contribution in [-0.2, 0) is 0 Å². The molecule has 2 saturated carbocycles. The Kier molecular flexibility index (Phi) is 5.25. The smallest absolute Gasteiger partial charge is 0.0291 e. The SMILES string of the molecule is CC[C@H]1CCC2C3C=CC=CC(C32)[C@@](I)(CCC(C)Br)C1. The molecule has 0 nitrogen and oxygen atoms in total. The Labute approximate surface area is 152 Å². The average Bonchev–Trinajstić information content (AvgIpc) is 3.14. The third-order valence-electron chi connectivity index (χ3n) is 6.14. The molecular weight excluding hydrogens is 435 g/mol. The fourth-order valence-electron chi connectivity index (χ4n) is 4.81. The van der Waals surface area contributed by atoms with Gasteiger partial charge in [-0.25, -0.2) is 0 Å². The second-order valence-corrected chi connectivity index (χ2v) is 11.2. The molecule has 0 aromatic rings. The number of fused-ring (bicyclic) bond motifs is 1. The Morgan fingerprint density at radius 2 is 2.05 bits per heavy atom. The minimum Gasteiger partial charge on any atom is -0.0894 e. The summed E-state index contributed by atoms with van der Waals surface area (Å²) in [4.78, 5) is 0.647. The van der Waals surface area contributed by atoms with Gasteiger partial charge in [-0.2, -0.15) is 0 Å². The summed E-state index contributed by atoms with van der Waals surface area (Å²) in [7, 11) is 0. The van der Waals surface area contributed by atoms with Crippen LogP contribution in [0.3, 0.4) is 0 Å². The number of allylic oxidation sites excluding steroid dienone is 4. The molecule has 21 heavy (non-hydrogen) atoms. The number of halogens is 2. The topological polar surface area (TPSA) is 0 Å². The summed E-state index contributed by atoms with van der Waals surface area (Å²) < 4.78 is 0.473. The molecular formula is C19H28BrI. The zero-order valence-corrected chi connectivity index (χ0v) is 17.0. The molecule has 0 aliphatic heterocycles. The molecule has 0 amide bonds. The maximum atomic E-state index is 3.77. The zero-order valence-electron chi connectivity index (χ0n) is 13.3. The number of rotatable bonds is 4. The van der Waals surface area contributed by atoms with Gasteiger partial charge >= 0.3 is 0 Å². The third-order valence-corrected chi connectivity index (χ3v) is 8.30. The van der Waals surface area contributed by atoms with Crippen molar-refractivity contribution in [1.82, 2.24) is 0 Å². The Morgan fingerprint density at radius 1 is 1.29 bits per heavy atom. The summed E-state index contributed by atoms with van der Waals surface area (Å²) in [5.41, 5.74) is 0. The van der Waals surface area contributed by atoms with Crippen molar-refractivity contribution >= 4 is 38.5 Å². The van der Waals surface area contributed by atoms with E-state index in [-0.39, 0.29) is 0 Å². The van der Waals surface area contributed by atoms with Crippen molar-refractivity contribution in [2.75, 3.05) is 0 Å². The first-order valence-corrected chi connectivity index (χ1v) is 10.7. The minimum absolute atomic E-state index is 0.473. The largest absolute Gasteiger partial charge is 0.0894 e. The average molecular weight is 463 g/mol. The molecule has 0 aromatic heterocycles. The third kappa shape index (κ3) is 3.46. The van der Waals surface area contributed by atoms with Gasteiger partial charge in [-0.1, -0.05) is 89.5 Å². The van der Waals surface area contributed by atoms with E-state index in [1.54, 1.807) is 0 Å². The fourth-order valence-corrected chi connectivity index (χ4v) is 6.60. The number of hydrogen-bond donors (Lipinski definition) is 0. The molecule has 0 saturated heterocycles. The highest BCUT2D eigenvalue weighted by atomic mass is 127. The van der Waals surface area contributed by atoms with Gasteiger partial charge in [-0.15, -0.1) is 0 Å². The van der Waals surface area contributed by atoms with Gasteiger partial charge in [0.15, 0.2) is 0 Å². The molecule has 0 aromatic carbocycles. The van der Waals surface area contributed by atoms with E-state index >= 15 is 0 Å². The van der Waals surface area contributed by atoms with Gasteiger partial charge in [0.05, 0.1) is 0 Å². The molecule has 0 radical (unpaired) electrons. The van der Waals surface area contributed by atoms with E-state index in [0.717, 1.165) is 29.6 Å². The first-order valence-electron chi connectivity index (χ1n) is 8.73. The Balaban J connectivity index is 1.85. The first kappa shape index (κ1) is 16.5. The zero-order chi connectivity index (χ0) is 15.0. The van der Waals surface area contributed by atoms with Crippen LogP contribution in [0, 0.1) is 29.6 Å². The van der Waals surface area contributed by atoms with Crippen molar-refractivity contribution in [3.63, 3.8) is 0 Å². The summed E-state index contributed by atoms with van der Waals surface area (Å²) in [5.74, 6) is 4.55. The van der Waals surface area contributed by atoms with Gasteiger partial charge in [-0.05, 0) is 55.3 Å². The van der Waals surface area contributed by atoms with Crippen LogP contribution in [0.5, 0.6) is 0 Å². The van der Waals surface area contributed by atoms with E-state index in [2.05, 4.69) is 76.7 Å². The molecule has 0 N–H and O–H groups in total.